The van der Waals surface area contributed by atoms with Gasteiger partial charge in [0.05, 0.1) is 17.8 Å². The van der Waals surface area contributed by atoms with Crippen LogP contribution in [0, 0.1) is 6.92 Å². The fourth-order valence-corrected chi connectivity index (χ4v) is 3.42. The smallest absolute Gasteiger partial charge is 0.255 e. The molecule has 1 saturated heterocycles. The fraction of sp³-hybridized carbons (Fsp3) is 0.278. The maximum atomic E-state index is 12.8. The van der Waals surface area contributed by atoms with Crippen LogP contribution in [-0.2, 0) is 5.60 Å². The molecule has 1 fully saturated rings. The Bertz CT molecular complexity index is 953. The van der Waals surface area contributed by atoms with Crippen LogP contribution in [0.3, 0.4) is 0 Å². The van der Waals surface area contributed by atoms with E-state index >= 15 is 0 Å². The van der Waals surface area contributed by atoms with E-state index in [9.17, 15) is 9.90 Å². The molecular weight excluding hydrogens is 340 g/mol. The molecule has 0 aliphatic carbocycles. The number of aliphatic hydroxyl groups is 1. The number of nitrogens with zero attached hydrogens (tertiary/aromatic N) is 3. The summed E-state index contributed by atoms with van der Waals surface area (Å²) in [7, 11) is 0. The van der Waals surface area contributed by atoms with Crippen molar-refractivity contribution in [3.8, 4) is 0 Å². The van der Waals surface area contributed by atoms with Crippen LogP contribution < -0.4 is 0 Å². The highest BCUT2D eigenvalue weighted by Gasteiger charge is 2.39. The quantitative estimate of drug-likeness (QED) is 0.739. The monoisotopic (exact) mass is 356 g/mol. The fourth-order valence-electron chi connectivity index (χ4n) is 3.29. The number of carbonyl (C=O) groups excluding carboxylic acids is 1. The zero-order valence-corrected chi connectivity index (χ0v) is 14.4. The van der Waals surface area contributed by atoms with Crippen molar-refractivity contribution in [3.05, 3.63) is 58.4 Å². The first-order valence-corrected chi connectivity index (χ1v) is 8.42. The van der Waals surface area contributed by atoms with Crippen LogP contribution in [-0.4, -0.2) is 44.2 Å². The number of aromatic nitrogens is 3. The number of hydrogen-bond acceptors (Lipinski definition) is 4. The van der Waals surface area contributed by atoms with Crippen LogP contribution in [0.5, 0.6) is 0 Å². The molecule has 0 spiro atoms. The zero-order valence-electron chi connectivity index (χ0n) is 13.7. The van der Waals surface area contributed by atoms with Crippen molar-refractivity contribution in [1.82, 2.24) is 20.1 Å². The maximum absolute atomic E-state index is 12.8. The minimum atomic E-state index is -1.05. The SMILES string of the molecule is Cc1n[nH]c2ncc(C(=O)N3CCC(O)(c4ccc(Cl)cc4)C3)cc12. The predicted molar refractivity (Wildman–Crippen MR) is 94.5 cm³/mol. The molecule has 0 saturated carbocycles. The van der Waals surface area contributed by atoms with E-state index < -0.39 is 5.60 Å². The number of hydrogen-bond donors (Lipinski definition) is 2. The highest BCUT2D eigenvalue weighted by atomic mass is 35.5. The number of H-pyrrole nitrogens is 1. The number of benzene rings is 1. The first-order chi connectivity index (χ1) is 12.0. The lowest BCUT2D eigenvalue weighted by atomic mass is 9.93. The average Bonchev–Trinajstić information content (AvgIpc) is 3.19. The summed E-state index contributed by atoms with van der Waals surface area (Å²) in [6, 6.07) is 8.90. The summed E-state index contributed by atoms with van der Waals surface area (Å²) in [6.07, 6.45) is 2.03. The second kappa shape index (κ2) is 5.82. The van der Waals surface area contributed by atoms with Crippen molar-refractivity contribution < 1.29 is 9.90 Å². The number of β-amino-alcohol motifs (C(OH)–C–C–N with tert-alkyl or cyclic N) is 1. The average molecular weight is 357 g/mol. The highest BCUT2D eigenvalue weighted by molar-refractivity contribution is 6.30. The van der Waals surface area contributed by atoms with Gasteiger partial charge in [-0.25, -0.2) is 4.98 Å². The lowest BCUT2D eigenvalue weighted by molar-refractivity contribution is 0.0417. The molecule has 7 heteroatoms. The third-order valence-electron chi connectivity index (χ3n) is 4.77. The van der Waals surface area contributed by atoms with Gasteiger partial charge in [0.2, 0.25) is 0 Å². The van der Waals surface area contributed by atoms with Crippen molar-refractivity contribution in [2.24, 2.45) is 0 Å². The number of fused-ring (bicyclic) bond motifs is 1. The Kier molecular flexibility index (Phi) is 3.74. The molecule has 1 atom stereocenters. The predicted octanol–water partition coefficient (Wildman–Crippen LogP) is 2.65. The van der Waals surface area contributed by atoms with E-state index in [4.69, 9.17) is 11.6 Å². The number of likely N-dealkylation sites (tertiary alicyclic amines) is 1. The largest absolute Gasteiger partial charge is 0.383 e. The van der Waals surface area contributed by atoms with Gasteiger partial charge in [0.15, 0.2) is 5.65 Å². The number of pyridine rings is 1. The summed E-state index contributed by atoms with van der Waals surface area (Å²) in [5, 5.41) is 19.3. The number of amides is 1. The first-order valence-electron chi connectivity index (χ1n) is 8.05. The number of halogens is 1. The van der Waals surface area contributed by atoms with Crippen LogP contribution in [0.25, 0.3) is 11.0 Å². The minimum absolute atomic E-state index is 0.139. The molecule has 3 aromatic rings. The van der Waals surface area contributed by atoms with E-state index in [0.717, 1.165) is 16.6 Å². The summed E-state index contributed by atoms with van der Waals surface area (Å²) < 4.78 is 0. The number of carbonyl (C=O) groups is 1. The van der Waals surface area contributed by atoms with Crippen molar-refractivity contribution in [1.29, 1.82) is 0 Å². The summed E-state index contributed by atoms with van der Waals surface area (Å²) in [4.78, 5) is 18.7. The van der Waals surface area contributed by atoms with Crippen molar-refractivity contribution >= 4 is 28.5 Å². The summed E-state index contributed by atoms with van der Waals surface area (Å²) in [6.45, 7) is 2.60. The summed E-state index contributed by atoms with van der Waals surface area (Å²) >= 11 is 5.91. The second-order valence-electron chi connectivity index (χ2n) is 6.44. The maximum Gasteiger partial charge on any atom is 0.255 e. The molecule has 2 aromatic heterocycles. The van der Waals surface area contributed by atoms with Gasteiger partial charge >= 0.3 is 0 Å². The Morgan fingerprint density at radius 2 is 2.12 bits per heavy atom. The Morgan fingerprint density at radius 3 is 2.88 bits per heavy atom. The van der Waals surface area contributed by atoms with E-state index in [2.05, 4.69) is 15.2 Å². The van der Waals surface area contributed by atoms with Gasteiger partial charge in [0.25, 0.3) is 5.91 Å². The minimum Gasteiger partial charge on any atom is -0.383 e. The number of nitrogens with one attached hydrogen (secondary N) is 1. The lowest BCUT2D eigenvalue weighted by Crippen LogP contribution is -2.34. The van der Waals surface area contributed by atoms with Gasteiger partial charge in [-0.1, -0.05) is 23.7 Å². The van der Waals surface area contributed by atoms with Crippen molar-refractivity contribution in [2.75, 3.05) is 13.1 Å². The van der Waals surface area contributed by atoms with Gasteiger partial charge in [0.1, 0.15) is 5.60 Å². The molecule has 4 rings (SSSR count). The molecule has 1 unspecified atom stereocenters. The van der Waals surface area contributed by atoms with E-state index in [1.807, 2.05) is 6.92 Å². The summed E-state index contributed by atoms with van der Waals surface area (Å²) in [5.74, 6) is -0.139. The Hall–Kier alpha value is -2.44. The molecule has 1 amide bonds. The second-order valence-corrected chi connectivity index (χ2v) is 6.88. The zero-order chi connectivity index (χ0) is 17.6. The standard InChI is InChI=1S/C18H17ClN4O2/c1-11-15-8-12(9-20-16(15)22-21-11)17(24)23-7-6-18(25,10-23)13-2-4-14(19)5-3-13/h2-5,8-9,25H,6-7,10H2,1H3,(H,20,21,22). The summed E-state index contributed by atoms with van der Waals surface area (Å²) in [5.41, 5.74) is 1.68. The highest BCUT2D eigenvalue weighted by Crippen LogP contribution is 2.33. The van der Waals surface area contributed by atoms with Gasteiger partial charge in [-0.3, -0.25) is 9.89 Å². The number of aryl methyl sites for hydroxylation is 1. The number of rotatable bonds is 2. The van der Waals surface area contributed by atoms with E-state index in [1.54, 1.807) is 41.4 Å². The molecule has 128 valence electrons. The molecule has 2 N–H and O–H groups in total. The van der Waals surface area contributed by atoms with Gasteiger partial charge in [-0.2, -0.15) is 5.10 Å². The Labute approximate surface area is 149 Å². The molecule has 1 aromatic carbocycles. The van der Waals surface area contributed by atoms with Crippen LogP contribution in [0.1, 0.15) is 28.0 Å². The third kappa shape index (κ3) is 2.77. The molecule has 3 heterocycles. The molecule has 1 aliphatic heterocycles. The number of aromatic amines is 1. The van der Waals surface area contributed by atoms with Gasteiger partial charge in [-0.15, -0.1) is 0 Å². The van der Waals surface area contributed by atoms with Crippen molar-refractivity contribution in [2.45, 2.75) is 18.9 Å². The van der Waals surface area contributed by atoms with Crippen LogP contribution in [0.15, 0.2) is 36.5 Å². The molecule has 25 heavy (non-hydrogen) atoms. The van der Waals surface area contributed by atoms with Gasteiger partial charge in [0, 0.05) is 23.2 Å². The first kappa shape index (κ1) is 16.1. The van der Waals surface area contributed by atoms with Gasteiger partial charge in [-0.05, 0) is 37.1 Å². The molecule has 0 radical (unpaired) electrons. The molecule has 0 bridgehead atoms. The van der Waals surface area contributed by atoms with Gasteiger partial charge < -0.3 is 10.0 Å². The van der Waals surface area contributed by atoms with E-state index in [1.165, 1.54) is 0 Å². The van der Waals surface area contributed by atoms with Crippen LogP contribution in [0.2, 0.25) is 5.02 Å². The Balaban J connectivity index is 1.58. The normalized spacial score (nSPS) is 20.4. The molecular formula is C18H17ClN4O2. The van der Waals surface area contributed by atoms with Crippen LogP contribution in [0.4, 0.5) is 0 Å². The third-order valence-corrected chi connectivity index (χ3v) is 5.02. The topological polar surface area (TPSA) is 82.1 Å². The van der Waals surface area contributed by atoms with Crippen LogP contribution >= 0.6 is 11.6 Å². The molecule has 6 nitrogen and oxygen atoms in total. The van der Waals surface area contributed by atoms with E-state index in [-0.39, 0.29) is 12.5 Å². The lowest BCUT2D eigenvalue weighted by Gasteiger charge is -2.24. The van der Waals surface area contributed by atoms with E-state index in [0.29, 0.717) is 29.2 Å². The van der Waals surface area contributed by atoms with Crippen molar-refractivity contribution in [3.63, 3.8) is 0 Å². The molecule has 1 aliphatic rings. The Morgan fingerprint density at radius 1 is 1.36 bits per heavy atom.